The second-order valence-electron chi connectivity index (χ2n) is 3.35. The number of rotatable bonds is 1. The lowest BCUT2D eigenvalue weighted by molar-refractivity contribution is 0.614. The number of hydrogen-bond donors (Lipinski definition) is 1. The Morgan fingerprint density at radius 1 is 1.40 bits per heavy atom. The van der Waals surface area contributed by atoms with E-state index in [1.165, 1.54) is 6.07 Å². The van der Waals surface area contributed by atoms with E-state index in [0.29, 0.717) is 27.9 Å². The average Bonchev–Trinajstić information content (AvgIpc) is 2.20. The molecule has 4 heteroatoms. The van der Waals surface area contributed by atoms with Crippen molar-refractivity contribution in [2.24, 2.45) is 0 Å². The maximum atomic E-state index is 13.5. The largest absolute Gasteiger partial charge is 0.382 e. The van der Waals surface area contributed by atoms with Gasteiger partial charge in [-0.15, -0.1) is 0 Å². The fourth-order valence-corrected chi connectivity index (χ4v) is 1.66. The second-order valence-corrected chi connectivity index (χ2v) is 3.75. The first-order valence-electron chi connectivity index (χ1n) is 4.66. The third kappa shape index (κ3) is 1.75. The van der Waals surface area contributed by atoms with E-state index in [-0.39, 0.29) is 11.6 Å². The highest BCUT2D eigenvalue weighted by Gasteiger charge is 2.06. The summed E-state index contributed by atoms with van der Waals surface area (Å²) >= 11 is 5.80. The molecule has 0 fully saturated rings. The summed E-state index contributed by atoms with van der Waals surface area (Å²) in [5.41, 5.74) is 6.89. The van der Waals surface area contributed by atoms with Gasteiger partial charge in [0.15, 0.2) is 0 Å². The monoisotopic (exact) mass is 224 g/mol. The van der Waals surface area contributed by atoms with Gasteiger partial charge in [0.1, 0.15) is 11.6 Å². The van der Waals surface area contributed by atoms with Gasteiger partial charge in [0.25, 0.3) is 0 Å². The molecule has 2 rings (SSSR count). The Morgan fingerprint density at radius 3 is 2.80 bits per heavy atom. The first-order valence-corrected chi connectivity index (χ1v) is 5.03. The zero-order valence-electron chi connectivity index (χ0n) is 8.22. The smallest absolute Gasteiger partial charge is 0.142 e. The molecule has 0 bridgehead atoms. The van der Waals surface area contributed by atoms with Gasteiger partial charge in [-0.25, -0.2) is 9.37 Å². The van der Waals surface area contributed by atoms with Crippen molar-refractivity contribution in [3.8, 4) is 0 Å². The second kappa shape index (κ2) is 3.66. The zero-order chi connectivity index (χ0) is 11.0. The average molecular weight is 225 g/mol. The van der Waals surface area contributed by atoms with Gasteiger partial charge in [-0.3, -0.25) is 0 Å². The topological polar surface area (TPSA) is 38.9 Å². The molecule has 0 amide bonds. The zero-order valence-corrected chi connectivity index (χ0v) is 8.98. The van der Waals surface area contributed by atoms with Gasteiger partial charge in [-0.2, -0.15) is 0 Å². The van der Waals surface area contributed by atoms with Gasteiger partial charge in [-0.1, -0.05) is 18.5 Å². The van der Waals surface area contributed by atoms with E-state index in [1.54, 1.807) is 12.1 Å². The summed E-state index contributed by atoms with van der Waals surface area (Å²) < 4.78 is 13.5. The van der Waals surface area contributed by atoms with Crippen LogP contribution in [-0.4, -0.2) is 4.98 Å². The molecule has 1 aromatic heterocycles. The molecule has 0 aliphatic rings. The van der Waals surface area contributed by atoms with Gasteiger partial charge in [0.2, 0.25) is 0 Å². The van der Waals surface area contributed by atoms with E-state index >= 15 is 0 Å². The quantitative estimate of drug-likeness (QED) is 0.808. The van der Waals surface area contributed by atoms with Crippen LogP contribution in [0.25, 0.3) is 10.9 Å². The molecule has 0 aliphatic carbocycles. The van der Waals surface area contributed by atoms with E-state index < -0.39 is 0 Å². The molecule has 2 nitrogen and oxygen atoms in total. The number of nitrogen functional groups attached to an aromatic ring is 1. The molecule has 0 saturated heterocycles. The Balaban J connectivity index is 2.76. The molecule has 15 heavy (non-hydrogen) atoms. The maximum Gasteiger partial charge on any atom is 0.142 e. The predicted octanol–water partition coefficient (Wildman–Crippen LogP) is 3.17. The molecule has 0 unspecified atom stereocenters. The van der Waals surface area contributed by atoms with Crippen molar-refractivity contribution < 1.29 is 4.39 Å². The minimum absolute atomic E-state index is 0.229. The van der Waals surface area contributed by atoms with Crippen molar-refractivity contribution in [2.75, 3.05) is 5.73 Å². The highest BCUT2D eigenvalue weighted by Crippen LogP contribution is 2.24. The van der Waals surface area contributed by atoms with Crippen LogP contribution < -0.4 is 5.73 Å². The van der Waals surface area contributed by atoms with Crippen molar-refractivity contribution in [3.63, 3.8) is 0 Å². The lowest BCUT2D eigenvalue weighted by Gasteiger charge is -2.04. The van der Waals surface area contributed by atoms with Crippen LogP contribution >= 0.6 is 11.6 Å². The van der Waals surface area contributed by atoms with Crippen LogP contribution in [0.4, 0.5) is 10.2 Å². The van der Waals surface area contributed by atoms with Gasteiger partial charge in [0, 0.05) is 5.39 Å². The molecule has 0 saturated carbocycles. The molecule has 0 atom stereocenters. The SMILES string of the molecule is CCc1cc2nc(N)c(Cl)cc2cc1F. The standard InChI is InChI=1S/C11H10ClFN2/c1-2-6-5-10-7(4-9(6)13)3-8(12)11(14)15-10/h3-5H,2H2,1H3,(H2,14,15). The normalized spacial score (nSPS) is 10.9. The first-order chi connectivity index (χ1) is 7.11. The molecule has 0 aliphatic heterocycles. The molecule has 1 aromatic carbocycles. The Kier molecular flexibility index (Phi) is 2.49. The van der Waals surface area contributed by atoms with Gasteiger partial charge in [0.05, 0.1) is 10.5 Å². The number of benzene rings is 1. The maximum absolute atomic E-state index is 13.5. The number of aryl methyl sites for hydroxylation is 1. The van der Waals surface area contributed by atoms with Crippen LogP contribution in [0.3, 0.4) is 0 Å². The molecule has 78 valence electrons. The molecule has 0 radical (unpaired) electrons. The molecule has 1 heterocycles. The van der Waals surface area contributed by atoms with Crippen LogP contribution in [-0.2, 0) is 6.42 Å². The van der Waals surface area contributed by atoms with Crippen LogP contribution in [0.5, 0.6) is 0 Å². The minimum atomic E-state index is -0.229. The van der Waals surface area contributed by atoms with E-state index in [0.717, 1.165) is 0 Å². The van der Waals surface area contributed by atoms with Gasteiger partial charge in [-0.05, 0) is 30.2 Å². The van der Waals surface area contributed by atoms with E-state index in [9.17, 15) is 4.39 Å². The van der Waals surface area contributed by atoms with Crippen molar-refractivity contribution in [1.29, 1.82) is 0 Å². The summed E-state index contributed by atoms with van der Waals surface area (Å²) in [6, 6.07) is 4.77. The lowest BCUT2D eigenvalue weighted by atomic mass is 10.1. The molecule has 2 N–H and O–H groups in total. The Labute approximate surface area is 91.9 Å². The summed E-state index contributed by atoms with van der Waals surface area (Å²) in [5.74, 6) is 0.0467. The Bertz CT molecular complexity index is 525. The third-order valence-corrected chi connectivity index (χ3v) is 2.65. The molecule has 2 aromatic rings. The minimum Gasteiger partial charge on any atom is -0.382 e. The number of halogens is 2. The Morgan fingerprint density at radius 2 is 2.13 bits per heavy atom. The molecule has 0 spiro atoms. The van der Waals surface area contributed by atoms with E-state index in [2.05, 4.69) is 4.98 Å². The number of nitrogens with zero attached hydrogens (tertiary/aromatic N) is 1. The third-order valence-electron chi connectivity index (χ3n) is 2.34. The highest BCUT2D eigenvalue weighted by molar-refractivity contribution is 6.33. The van der Waals surface area contributed by atoms with Crippen LogP contribution in [0, 0.1) is 5.82 Å². The highest BCUT2D eigenvalue weighted by atomic mass is 35.5. The lowest BCUT2D eigenvalue weighted by Crippen LogP contribution is -1.94. The number of hydrogen-bond acceptors (Lipinski definition) is 2. The fraction of sp³-hybridized carbons (Fsp3) is 0.182. The number of anilines is 1. The summed E-state index contributed by atoms with van der Waals surface area (Å²) in [6.45, 7) is 1.89. The van der Waals surface area contributed by atoms with Crippen LogP contribution in [0.1, 0.15) is 12.5 Å². The van der Waals surface area contributed by atoms with E-state index in [1.807, 2.05) is 6.92 Å². The number of fused-ring (bicyclic) bond motifs is 1. The summed E-state index contributed by atoms with van der Waals surface area (Å²) in [5, 5.41) is 1.02. The number of aromatic nitrogens is 1. The Hall–Kier alpha value is -1.35. The van der Waals surface area contributed by atoms with Gasteiger partial charge >= 0.3 is 0 Å². The predicted molar refractivity (Wildman–Crippen MR) is 60.5 cm³/mol. The van der Waals surface area contributed by atoms with Crippen LogP contribution in [0.15, 0.2) is 18.2 Å². The molecular formula is C11H10ClFN2. The van der Waals surface area contributed by atoms with Crippen molar-refractivity contribution in [3.05, 3.63) is 34.6 Å². The summed E-state index contributed by atoms with van der Waals surface area (Å²) in [7, 11) is 0. The summed E-state index contributed by atoms with van der Waals surface area (Å²) in [4.78, 5) is 4.10. The number of pyridine rings is 1. The fourth-order valence-electron chi connectivity index (χ4n) is 1.50. The summed E-state index contributed by atoms with van der Waals surface area (Å²) in [6.07, 6.45) is 0.631. The van der Waals surface area contributed by atoms with Crippen molar-refractivity contribution in [1.82, 2.24) is 4.98 Å². The van der Waals surface area contributed by atoms with E-state index in [4.69, 9.17) is 17.3 Å². The van der Waals surface area contributed by atoms with Crippen LogP contribution in [0.2, 0.25) is 5.02 Å². The van der Waals surface area contributed by atoms with Crippen molar-refractivity contribution in [2.45, 2.75) is 13.3 Å². The van der Waals surface area contributed by atoms with Crippen molar-refractivity contribution >= 4 is 28.3 Å². The van der Waals surface area contributed by atoms with Gasteiger partial charge < -0.3 is 5.73 Å². The molecular weight excluding hydrogens is 215 g/mol. The number of nitrogens with two attached hydrogens (primary N) is 1. The first kappa shape index (κ1) is 10.2.